The third-order valence-electron chi connectivity index (χ3n) is 8.51. The predicted molar refractivity (Wildman–Crippen MR) is 96.9 cm³/mol. The molecule has 0 heterocycles. The Kier molecular flexibility index (Phi) is 3.88. The molecule has 0 spiro atoms. The predicted octanol–water partition coefficient (Wildman–Crippen LogP) is 4.00. The molecule has 2 saturated carbocycles. The molecule has 0 amide bonds. The molecular formula is C22H30O3. The Morgan fingerprint density at radius 3 is 2.72 bits per heavy atom. The van der Waals surface area contributed by atoms with Crippen LogP contribution in [0.3, 0.4) is 0 Å². The second-order valence-corrected chi connectivity index (χ2v) is 9.36. The molecule has 4 aliphatic carbocycles. The minimum absolute atomic E-state index is 0.0937. The molecule has 0 aromatic rings. The molecule has 25 heavy (non-hydrogen) atoms. The number of carbonyl (C=O) groups is 2. The second-order valence-electron chi connectivity index (χ2n) is 9.36. The van der Waals surface area contributed by atoms with Crippen molar-refractivity contribution in [3.8, 4) is 0 Å². The van der Waals surface area contributed by atoms with Gasteiger partial charge in [0.1, 0.15) is 6.29 Å². The summed E-state index contributed by atoms with van der Waals surface area (Å²) in [5.41, 5.74) is 0.543. The molecular weight excluding hydrogens is 312 g/mol. The van der Waals surface area contributed by atoms with E-state index in [0.717, 1.165) is 38.4 Å². The number of ketones is 1. The van der Waals surface area contributed by atoms with Crippen molar-refractivity contribution in [2.45, 2.75) is 70.8 Å². The highest BCUT2D eigenvalue weighted by molar-refractivity contribution is 5.92. The van der Waals surface area contributed by atoms with E-state index in [1.807, 2.05) is 6.08 Å². The number of allylic oxidation sites excluding steroid dienone is 4. The standard InChI is InChI=1S/C22H30O3/c1-20-10-6-16(24)14-15(20)4-5-17-18(20)7-11-21(2)19(17)8-12-22(21,25)9-3-13-23/h4-5,13-14,17-19,25H,3,6-12H2,1-2H3/t17-,18+,19+,20+,21+,22-/m1/s1. The van der Waals surface area contributed by atoms with Gasteiger partial charge in [0.25, 0.3) is 0 Å². The quantitative estimate of drug-likeness (QED) is 0.789. The lowest BCUT2D eigenvalue weighted by Crippen LogP contribution is -2.53. The summed E-state index contributed by atoms with van der Waals surface area (Å²) in [6.45, 7) is 4.61. The Labute approximate surface area is 150 Å². The first-order valence-electron chi connectivity index (χ1n) is 9.93. The lowest BCUT2D eigenvalue weighted by molar-refractivity contribution is -0.126. The van der Waals surface area contributed by atoms with Gasteiger partial charge in [0.05, 0.1) is 5.60 Å². The summed E-state index contributed by atoms with van der Waals surface area (Å²) in [4.78, 5) is 22.7. The van der Waals surface area contributed by atoms with Gasteiger partial charge in [-0.05, 0) is 78.8 Å². The summed E-state index contributed by atoms with van der Waals surface area (Å²) in [6, 6.07) is 0. The molecule has 0 radical (unpaired) electrons. The summed E-state index contributed by atoms with van der Waals surface area (Å²) in [6.07, 6.45) is 14.0. The SMILES string of the molecule is C[C@]12CCC(=O)C=C1C=C[C@@H]1[C@@H]2CC[C@@]2(C)[C@H]1CC[C@]2(O)CCC=O. The lowest BCUT2D eigenvalue weighted by atomic mass is 9.48. The maximum Gasteiger partial charge on any atom is 0.156 e. The first kappa shape index (κ1) is 17.2. The number of carbonyl (C=O) groups excluding carboxylic acids is 2. The monoisotopic (exact) mass is 342 g/mol. The van der Waals surface area contributed by atoms with Crippen LogP contribution in [0.15, 0.2) is 23.8 Å². The zero-order valence-electron chi connectivity index (χ0n) is 15.5. The second kappa shape index (κ2) is 5.64. The van der Waals surface area contributed by atoms with Crippen LogP contribution in [-0.2, 0) is 9.59 Å². The first-order chi connectivity index (χ1) is 11.8. The molecule has 1 N–H and O–H groups in total. The van der Waals surface area contributed by atoms with Gasteiger partial charge in [-0.1, -0.05) is 26.0 Å². The van der Waals surface area contributed by atoms with Crippen LogP contribution in [0.2, 0.25) is 0 Å². The van der Waals surface area contributed by atoms with Crippen molar-refractivity contribution >= 4 is 12.1 Å². The minimum atomic E-state index is -0.697. The van der Waals surface area contributed by atoms with Crippen molar-refractivity contribution in [2.75, 3.05) is 0 Å². The van der Waals surface area contributed by atoms with E-state index in [0.29, 0.717) is 37.0 Å². The summed E-state index contributed by atoms with van der Waals surface area (Å²) in [7, 11) is 0. The average Bonchev–Trinajstić information content (AvgIpc) is 2.85. The molecule has 6 atom stereocenters. The fraction of sp³-hybridized carbons (Fsp3) is 0.727. The Morgan fingerprint density at radius 1 is 1.20 bits per heavy atom. The van der Waals surface area contributed by atoms with E-state index in [2.05, 4.69) is 26.0 Å². The van der Waals surface area contributed by atoms with E-state index in [-0.39, 0.29) is 16.6 Å². The molecule has 3 heteroatoms. The van der Waals surface area contributed by atoms with Crippen molar-refractivity contribution in [3.05, 3.63) is 23.8 Å². The Hall–Kier alpha value is -1.22. The molecule has 2 fully saturated rings. The van der Waals surface area contributed by atoms with Crippen LogP contribution in [0.1, 0.15) is 65.2 Å². The van der Waals surface area contributed by atoms with Crippen molar-refractivity contribution in [2.24, 2.45) is 28.6 Å². The van der Waals surface area contributed by atoms with Crippen LogP contribution < -0.4 is 0 Å². The Morgan fingerprint density at radius 2 is 1.96 bits per heavy atom. The minimum Gasteiger partial charge on any atom is -0.389 e. The van der Waals surface area contributed by atoms with Gasteiger partial charge in [0.2, 0.25) is 0 Å². The van der Waals surface area contributed by atoms with Gasteiger partial charge in [-0.3, -0.25) is 4.79 Å². The number of aliphatic hydroxyl groups is 1. The molecule has 4 aliphatic rings. The zero-order chi connectivity index (χ0) is 17.9. The Balaban J connectivity index is 1.68. The van der Waals surface area contributed by atoms with Gasteiger partial charge in [-0.15, -0.1) is 0 Å². The first-order valence-corrected chi connectivity index (χ1v) is 9.93. The third-order valence-corrected chi connectivity index (χ3v) is 8.51. The summed E-state index contributed by atoms with van der Waals surface area (Å²) in [5, 5.41) is 11.4. The molecule has 0 aliphatic heterocycles. The van der Waals surface area contributed by atoms with Crippen molar-refractivity contribution in [1.82, 2.24) is 0 Å². The van der Waals surface area contributed by atoms with Crippen LogP contribution in [0, 0.1) is 28.6 Å². The van der Waals surface area contributed by atoms with Gasteiger partial charge in [0, 0.05) is 12.8 Å². The van der Waals surface area contributed by atoms with Crippen LogP contribution >= 0.6 is 0 Å². The van der Waals surface area contributed by atoms with E-state index < -0.39 is 5.60 Å². The molecule has 0 aromatic heterocycles. The largest absolute Gasteiger partial charge is 0.389 e. The van der Waals surface area contributed by atoms with E-state index in [1.165, 1.54) is 5.57 Å². The van der Waals surface area contributed by atoms with E-state index in [4.69, 9.17) is 0 Å². The van der Waals surface area contributed by atoms with E-state index in [1.54, 1.807) is 0 Å². The highest BCUT2D eigenvalue weighted by atomic mass is 16.3. The van der Waals surface area contributed by atoms with Gasteiger partial charge in [0.15, 0.2) is 5.78 Å². The lowest BCUT2D eigenvalue weighted by Gasteiger charge is -2.57. The smallest absolute Gasteiger partial charge is 0.156 e. The summed E-state index contributed by atoms with van der Waals surface area (Å²) in [5.74, 6) is 1.80. The number of aldehydes is 1. The summed E-state index contributed by atoms with van der Waals surface area (Å²) < 4.78 is 0. The van der Waals surface area contributed by atoms with Crippen molar-refractivity contribution in [3.63, 3.8) is 0 Å². The molecule has 3 nitrogen and oxygen atoms in total. The third kappa shape index (κ3) is 2.27. The topological polar surface area (TPSA) is 54.4 Å². The van der Waals surface area contributed by atoms with Crippen LogP contribution in [0.25, 0.3) is 0 Å². The number of rotatable bonds is 3. The van der Waals surface area contributed by atoms with E-state index >= 15 is 0 Å². The van der Waals surface area contributed by atoms with Crippen LogP contribution in [0.4, 0.5) is 0 Å². The van der Waals surface area contributed by atoms with Gasteiger partial charge in [-0.2, -0.15) is 0 Å². The Bertz CT molecular complexity index is 662. The maximum atomic E-state index is 11.9. The average molecular weight is 342 g/mol. The molecule has 136 valence electrons. The molecule has 0 saturated heterocycles. The number of hydrogen-bond donors (Lipinski definition) is 1. The van der Waals surface area contributed by atoms with Crippen molar-refractivity contribution in [1.29, 1.82) is 0 Å². The highest BCUT2D eigenvalue weighted by Crippen LogP contribution is 2.66. The van der Waals surface area contributed by atoms with Gasteiger partial charge >= 0.3 is 0 Å². The molecule has 0 unspecified atom stereocenters. The van der Waals surface area contributed by atoms with Crippen LogP contribution in [-0.4, -0.2) is 22.8 Å². The molecule has 4 rings (SSSR count). The fourth-order valence-corrected chi connectivity index (χ4v) is 6.82. The fourth-order valence-electron chi connectivity index (χ4n) is 6.82. The normalized spacial score (nSPS) is 48.4. The number of fused-ring (bicyclic) bond motifs is 5. The highest BCUT2D eigenvalue weighted by Gasteiger charge is 2.62. The molecule has 0 bridgehead atoms. The zero-order valence-corrected chi connectivity index (χ0v) is 15.5. The maximum absolute atomic E-state index is 11.9. The van der Waals surface area contributed by atoms with E-state index in [9.17, 15) is 14.7 Å². The van der Waals surface area contributed by atoms with Gasteiger partial charge < -0.3 is 9.90 Å². The summed E-state index contributed by atoms with van der Waals surface area (Å²) >= 11 is 0. The van der Waals surface area contributed by atoms with Crippen LogP contribution in [0.5, 0.6) is 0 Å². The van der Waals surface area contributed by atoms with Gasteiger partial charge in [-0.25, -0.2) is 0 Å². The van der Waals surface area contributed by atoms with Crippen molar-refractivity contribution < 1.29 is 14.7 Å². The molecule has 0 aromatic carbocycles. The number of hydrogen-bond acceptors (Lipinski definition) is 3.